The number of fused-ring (bicyclic) bond motifs is 1. The number of rotatable bonds is 4. The maximum atomic E-state index is 10.0. The molecule has 2 aromatic rings. The SMILES string of the molecule is CCn1cc(COc2ccc3c(c2)C(O)CCC3)cn1. The van der Waals surface area contributed by atoms with Crippen LogP contribution in [0.1, 0.15) is 42.6 Å². The highest BCUT2D eigenvalue weighted by atomic mass is 16.5. The third-order valence-corrected chi connectivity index (χ3v) is 3.82. The number of nitrogens with zero attached hydrogens (tertiary/aromatic N) is 2. The molecule has 0 aliphatic heterocycles. The van der Waals surface area contributed by atoms with Gasteiger partial charge in [-0.3, -0.25) is 4.68 Å². The van der Waals surface area contributed by atoms with Crippen LogP contribution in [-0.2, 0) is 19.6 Å². The van der Waals surface area contributed by atoms with Crippen LogP contribution in [0, 0.1) is 0 Å². The van der Waals surface area contributed by atoms with Crippen molar-refractivity contribution in [1.29, 1.82) is 0 Å². The lowest BCUT2D eigenvalue weighted by atomic mass is 9.89. The Labute approximate surface area is 119 Å². The van der Waals surface area contributed by atoms with Crippen LogP contribution >= 0.6 is 0 Å². The molecule has 0 bridgehead atoms. The number of aliphatic hydroxyl groups is 1. The Morgan fingerprint density at radius 2 is 2.35 bits per heavy atom. The molecule has 0 fully saturated rings. The molecule has 0 radical (unpaired) electrons. The second-order valence-corrected chi connectivity index (χ2v) is 5.26. The molecule has 1 aromatic heterocycles. The van der Waals surface area contributed by atoms with Crippen molar-refractivity contribution in [3.05, 3.63) is 47.3 Å². The molecule has 0 amide bonds. The van der Waals surface area contributed by atoms with Crippen molar-refractivity contribution < 1.29 is 9.84 Å². The molecule has 1 atom stereocenters. The van der Waals surface area contributed by atoms with Gasteiger partial charge in [-0.15, -0.1) is 0 Å². The van der Waals surface area contributed by atoms with Gasteiger partial charge in [0.15, 0.2) is 0 Å². The van der Waals surface area contributed by atoms with Crippen molar-refractivity contribution in [2.24, 2.45) is 0 Å². The first-order chi connectivity index (χ1) is 9.76. The molecule has 1 aromatic carbocycles. The smallest absolute Gasteiger partial charge is 0.120 e. The largest absolute Gasteiger partial charge is 0.489 e. The van der Waals surface area contributed by atoms with E-state index in [2.05, 4.69) is 18.1 Å². The molecule has 1 heterocycles. The molecule has 4 heteroatoms. The van der Waals surface area contributed by atoms with E-state index >= 15 is 0 Å². The van der Waals surface area contributed by atoms with E-state index in [1.807, 2.05) is 29.2 Å². The zero-order valence-corrected chi connectivity index (χ0v) is 11.7. The number of aryl methyl sites for hydroxylation is 2. The Hall–Kier alpha value is -1.81. The summed E-state index contributed by atoms with van der Waals surface area (Å²) in [7, 11) is 0. The van der Waals surface area contributed by atoms with Gasteiger partial charge in [0, 0.05) is 18.3 Å². The van der Waals surface area contributed by atoms with Crippen LogP contribution in [0.25, 0.3) is 0 Å². The van der Waals surface area contributed by atoms with Crippen molar-refractivity contribution in [1.82, 2.24) is 9.78 Å². The first kappa shape index (κ1) is 13.2. The monoisotopic (exact) mass is 272 g/mol. The highest BCUT2D eigenvalue weighted by Crippen LogP contribution is 2.32. The lowest BCUT2D eigenvalue weighted by Crippen LogP contribution is -2.09. The van der Waals surface area contributed by atoms with Gasteiger partial charge in [-0.2, -0.15) is 5.10 Å². The average molecular weight is 272 g/mol. The van der Waals surface area contributed by atoms with Gasteiger partial charge < -0.3 is 9.84 Å². The van der Waals surface area contributed by atoms with Crippen LogP contribution in [0.5, 0.6) is 5.75 Å². The van der Waals surface area contributed by atoms with Crippen LogP contribution < -0.4 is 4.74 Å². The van der Waals surface area contributed by atoms with Crippen molar-refractivity contribution >= 4 is 0 Å². The lowest BCUT2D eigenvalue weighted by Gasteiger charge is -2.21. The number of benzene rings is 1. The Morgan fingerprint density at radius 3 is 3.15 bits per heavy atom. The molecule has 4 nitrogen and oxygen atoms in total. The Balaban J connectivity index is 1.70. The highest BCUT2D eigenvalue weighted by Gasteiger charge is 2.18. The quantitative estimate of drug-likeness (QED) is 0.931. The number of aliphatic hydroxyl groups excluding tert-OH is 1. The van der Waals surface area contributed by atoms with Crippen molar-refractivity contribution in [3.8, 4) is 5.75 Å². The molecule has 106 valence electrons. The Morgan fingerprint density at radius 1 is 1.45 bits per heavy atom. The minimum atomic E-state index is -0.342. The second-order valence-electron chi connectivity index (χ2n) is 5.26. The Kier molecular flexibility index (Phi) is 3.74. The van der Waals surface area contributed by atoms with Crippen molar-refractivity contribution in [3.63, 3.8) is 0 Å². The van der Waals surface area contributed by atoms with Crippen LogP contribution in [-0.4, -0.2) is 14.9 Å². The summed E-state index contributed by atoms with van der Waals surface area (Å²) < 4.78 is 7.68. The minimum Gasteiger partial charge on any atom is -0.489 e. The van der Waals surface area contributed by atoms with Gasteiger partial charge in [0.1, 0.15) is 12.4 Å². The van der Waals surface area contributed by atoms with Gasteiger partial charge in [-0.25, -0.2) is 0 Å². The maximum absolute atomic E-state index is 10.0. The predicted molar refractivity (Wildman–Crippen MR) is 76.6 cm³/mol. The summed E-state index contributed by atoms with van der Waals surface area (Å²) in [5.41, 5.74) is 3.33. The fraction of sp³-hybridized carbons (Fsp3) is 0.438. The van der Waals surface area contributed by atoms with Gasteiger partial charge in [-0.1, -0.05) is 6.07 Å². The standard InChI is InChI=1S/C16H20N2O2/c1-2-18-10-12(9-17-18)11-20-14-7-6-13-4-3-5-16(19)15(13)8-14/h6-10,16,19H,2-5,11H2,1H3. The first-order valence-corrected chi connectivity index (χ1v) is 7.21. The summed E-state index contributed by atoms with van der Waals surface area (Å²) in [6, 6.07) is 6.03. The lowest BCUT2D eigenvalue weighted by molar-refractivity contribution is 0.156. The molecule has 3 rings (SSSR count). The third kappa shape index (κ3) is 2.70. The molecule has 1 aliphatic rings. The van der Waals surface area contributed by atoms with E-state index in [-0.39, 0.29) is 6.10 Å². The summed E-state index contributed by atoms with van der Waals surface area (Å²) in [4.78, 5) is 0. The van der Waals surface area contributed by atoms with E-state index < -0.39 is 0 Å². The van der Waals surface area contributed by atoms with E-state index in [1.54, 1.807) is 0 Å². The third-order valence-electron chi connectivity index (χ3n) is 3.82. The topological polar surface area (TPSA) is 47.3 Å². The van der Waals surface area contributed by atoms with E-state index in [1.165, 1.54) is 5.56 Å². The van der Waals surface area contributed by atoms with Crippen LogP contribution in [0.4, 0.5) is 0 Å². The molecule has 1 N–H and O–H groups in total. The van der Waals surface area contributed by atoms with Gasteiger partial charge in [-0.05, 0) is 49.4 Å². The molecule has 20 heavy (non-hydrogen) atoms. The van der Waals surface area contributed by atoms with Gasteiger partial charge in [0.25, 0.3) is 0 Å². The summed E-state index contributed by atoms with van der Waals surface area (Å²) in [6.07, 6.45) is 6.44. The van der Waals surface area contributed by atoms with Crippen LogP contribution in [0.15, 0.2) is 30.6 Å². The molecule has 1 unspecified atom stereocenters. The summed E-state index contributed by atoms with van der Waals surface area (Å²) in [5, 5.41) is 14.3. The molecular formula is C16H20N2O2. The fourth-order valence-electron chi connectivity index (χ4n) is 2.66. The maximum Gasteiger partial charge on any atom is 0.120 e. The number of hydrogen-bond donors (Lipinski definition) is 1. The minimum absolute atomic E-state index is 0.342. The summed E-state index contributed by atoms with van der Waals surface area (Å²) >= 11 is 0. The zero-order chi connectivity index (χ0) is 13.9. The molecule has 0 saturated carbocycles. The molecule has 0 spiro atoms. The molecular weight excluding hydrogens is 252 g/mol. The molecule has 0 saturated heterocycles. The van der Waals surface area contributed by atoms with Gasteiger partial charge in [0.05, 0.1) is 12.3 Å². The second kappa shape index (κ2) is 5.67. The summed E-state index contributed by atoms with van der Waals surface area (Å²) in [5.74, 6) is 0.814. The predicted octanol–water partition coefficient (Wildman–Crippen LogP) is 2.85. The molecule has 1 aliphatic carbocycles. The van der Waals surface area contributed by atoms with E-state index in [0.29, 0.717) is 6.61 Å². The van der Waals surface area contributed by atoms with E-state index in [4.69, 9.17) is 4.74 Å². The fourth-order valence-corrected chi connectivity index (χ4v) is 2.66. The number of hydrogen-bond acceptors (Lipinski definition) is 3. The number of aromatic nitrogens is 2. The normalized spacial score (nSPS) is 17.8. The number of ether oxygens (including phenoxy) is 1. The van der Waals surface area contributed by atoms with Gasteiger partial charge in [0.2, 0.25) is 0 Å². The Bertz CT molecular complexity index is 592. The van der Waals surface area contributed by atoms with Crippen LogP contribution in [0.3, 0.4) is 0 Å². The van der Waals surface area contributed by atoms with Crippen molar-refractivity contribution in [2.45, 2.75) is 45.4 Å². The van der Waals surface area contributed by atoms with E-state index in [9.17, 15) is 5.11 Å². The summed E-state index contributed by atoms with van der Waals surface area (Å²) in [6.45, 7) is 3.43. The average Bonchev–Trinajstić information content (AvgIpc) is 2.94. The van der Waals surface area contributed by atoms with E-state index in [0.717, 1.165) is 42.7 Å². The van der Waals surface area contributed by atoms with Gasteiger partial charge >= 0.3 is 0 Å². The first-order valence-electron chi connectivity index (χ1n) is 7.21. The van der Waals surface area contributed by atoms with Crippen molar-refractivity contribution in [2.75, 3.05) is 0 Å². The highest BCUT2D eigenvalue weighted by molar-refractivity contribution is 5.38. The zero-order valence-electron chi connectivity index (χ0n) is 11.7. The van der Waals surface area contributed by atoms with Crippen LogP contribution in [0.2, 0.25) is 0 Å².